The van der Waals surface area contributed by atoms with E-state index in [1.165, 1.54) is 44.9 Å². The fourth-order valence-electron chi connectivity index (χ4n) is 3.08. The van der Waals surface area contributed by atoms with E-state index in [2.05, 4.69) is 33.4 Å². The molecule has 1 amide bonds. The van der Waals surface area contributed by atoms with Gasteiger partial charge in [-0.05, 0) is 55.3 Å². The highest BCUT2D eigenvalue weighted by atomic mass is 79.9. The molecule has 2 aromatic rings. The summed E-state index contributed by atoms with van der Waals surface area (Å²) in [7, 11) is 0. The van der Waals surface area contributed by atoms with E-state index in [0.717, 1.165) is 34.5 Å². The third-order valence-electron chi connectivity index (χ3n) is 4.97. The van der Waals surface area contributed by atoms with Crippen molar-refractivity contribution in [2.24, 2.45) is 5.10 Å². The minimum atomic E-state index is -0.235. The number of nitrogens with one attached hydrogen (secondary N) is 1. The smallest absolute Gasteiger partial charge is 0.271 e. The van der Waals surface area contributed by atoms with Gasteiger partial charge in [0, 0.05) is 10.0 Å². The lowest BCUT2D eigenvalue weighted by Crippen LogP contribution is -2.19. The third kappa shape index (κ3) is 9.12. The summed E-state index contributed by atoms with van der Waals surface area (Å²) in [6.07, 6.45) is 10.3. The fourth-order valence-corrected chi connectivity index (χ4v) is 3.35. The van der Waals surface area contributed by atoms with Crippen LogP contribution in [-0.2, 0) is 0 Å². The van der Waals surface area contributed by atoms with Gasteiger partial charge < -0.3 is 4.74 Å². The van der Waals surface area contributed by atoms with Crippen molar-refractivity contribution in [1.29, 1.82) is 0 Å². The molecule has 0 saturated carbocycles. The topological polar surface area (TPSA) is 50.7 Å². The molecule has 0 atom stereocenters. The Morgan fingerprint density at radius 2 is 1.43 bits per heavy atom. The van der Waals surface area contributed by atoms with Crippen LogP contribution in [0.2, 0.25) is 0 Å². The highest BCUT2D eigenvalue weighted by Crippen LogP contribution is 2.14. The molecule has 2 rings (SSSR count). The second-order valence-electron chi connectivity index (χ2n) is 7.49. The van der Waals surface area contributed by atoms with E-state index in [1.54, 1.807) is 12.1 Å². The van der Waals surface area contributed by atoms with Crippen LogP contribution < -0.4 is 10.2 Å². The van der Waals surface area contributed by atoms with Crippen LogP contribution in [0.5, 0.6) is 5.75 Å². The molecular formula is C25H33BrN2O2. The average Bonchev–Trinajstić information content (AvgIpc) is 2.77. The maximum absolute atomic E-state index is 12.3. The Hall–Kier alpha value is -2.14. The largest absolute Gasteiger partial charge is 0.494 e. The number of ether oxygens (including phenoxy) is 1. The molecule has 0 fully saturated rings. The van der Waals surface area contributed by atoms with E-state index in [0.29, 0.717) is 5.56 Å². The number of amides is 1. The van der Waals surface area contributed by atoms with Crippen LogP contribution in [0.4, 0.5) is 0 Å². The predicted octanol–water partition coefficient (Wildman–Crippen LogP) is 7.12. The number of benzene rings is 2. The molecule has 2 aromatic carbocycles. The van der Waals surface area contributed by atoms with Crippen LogP contribution in [0.1, 0.15) is 81.1 Å². The lowest BCUT2D eigenvalue weighted by atomic mass is 10.1. The molecule has 0 spiro atoms. The second-order valence-corrected chi connectivity index (χ2v) is 8.41. The van der Waals surface area contributed by atoms with Crippen LogP contribution in [0.3, 0.4) is 0 Å². The van der Waals surface area contributed by atoms with E-state index in [1.807, 2.05) is 43.3 Å². The zero-order valence-corrected chi connectivity index (χ0v) is 19.7. The lowest BCUT2D eigenvalue weighted by Gasteiger charge is -2.07. The number of carbonyl (C=O) groups is 1. The van der Waals surface area contributed by atoms with E-state index >= 15 is 0 Å². The summed E-state index contributed by atoms with van der Waals surface area (Å²) in [6, 6.07) is 15.0. The highest BCUT2D eigenvalue weighted by Gasteiger charge is 2.06. The summed E-state index contributed by atoms with van der Waals surface area (Å²) < 4.78 is 6.80. The van der Waals surface area contributed by atoms with Gasteiger partial charge in [-0.25, -0.2) is 5.43 Å². The SMILES string of the molecule is CCCCCCCCCCOc1ccc(C(=O)N/N=C(\C)c2ccc(Br)cc2)cc1. The summed E-state index contributed by atoms with van der Waals surface area (Å²) in [4.78, 5) is 12.3. The van der Waals surface area contributed by atoms with Crippen LogP contribution >= 0.6 is 15.9 Å². The van der Waals surface area contributed by atoms with Crippen molar-refractivity contribution in [2.45, 2.75) is 65.2 Å². The van der Waals surface area contributed by atoms with Gasteiger partial charge in [0.2, 0.25) is 0 Å². The van der Waals surface area contributed by atoms with Gasteiger partial charge in [0.25, 0.3) is 5.91 Å². The summed E-state index contributed by atoms with van der Waals surface area (Å²) in [5.41, 5.74) is 4.88. The number of halogens is 1. The van der Waals surface area contributed by atoms with E-state index in [4.69, 9.17) is 4.74 Å². The average molecular weight is 473 g/mol. The fraction of sp³-hybridized carbons (Fsp3) is 0.440. The maximum Gasteiger partial charge on any atom is 0.271 e. The molecule has 4 nitrogen and oxygen atoms in total. The molecule has 0 aromatic heterocycles. The van der Waals surface area contributed by atoms with Crippen LogP contribution in [-0.4, -0.2) is 18.2 Å². The van der Waals surface area contributed by atoms with E-state index in [9.17, 15) is 4.79 Å². The Balaban J connectivity index is 1.68. The van der Waals surface area contributed by atoms with Gasteiger partial charge in [0.1, 0.15) is 5.75 Å². The molecule has 0 aliphatic rings. The van der Waals surface area contributed by atoms with Crippen molar-refractivity contribution >= 4 is 27.5 Å². The van der Waals surface area contributed by atoms with Gasteiger partial charge in [0.15, 0.2) is 0 Å². The molecule has 5 heteroatoms. The standard InChI is InChI=1S/C25H33BrN2O2/c1-3-4-5-6-7-8-9-10-19-30-24-17-13-22(14-18-24)25(29)28-27-20(2)21-11-15-23(26)16-12-21/h11-18H,3-10,19H2,1-2H3,(H,28,29)/b27-20+. The molecule has 1 N–H and O–H groups in total. The van der Waals surface area contributed by atoms with Crippen molar-refractivity contribution in [1.82, 2.24) is 5.43 Å². The molecular weight excluding hydrogens is 440 g/mol. The Bertz CT molecular complexity index is 786. The number of rotatable bonds is 13. The minimum absolute atomic E-state index is 0.235. The Labute approximate surface area is 189 Å². The predicted molar refractivity (Wildman–Crippen MR) is 128 cm³/mol. The van der Waals surface area contributed by atoms with Crippen molar-refractivity contribution in [3.63, 3.8) is 0 Å². The molecule has 0 heterocycles. The third-order valence-corrected chi connectivity index (χ3v) is 5.50. The Morgan fingerprint density at radius 3 is 2.07 bits per heavy atom. The normalized spacial score (nSPS) is 11.4. The van der Waals surface area contributed by atoms with Gasteiger partial charge in [-0.2, -0.15) is 5.10 Å². The van der Waals surface area contributed by atoms with Crippen LogP contribution in [0.25, 0.3) is 0 Å². The maximum atomic E-state index is 12.3. The summed E-state index contributed by atoms with van der Waals surface area (Å²) >= 11 is 3.41. The number of hydrazone groups is 1. The van der Waals surface area contributed by atoms with Crippen molar-refractivity contribution in [2.75, 3.05) is 6.61 Å². The van der Waals surface area contributed by atoms with Gasteiger partial charge in [-0.1, -0.05) is 79.9 Å². The van der Waals surface area contributed by atoms with E-state index in [-0.39, 0.29) is 5.91 Å². The summed E-state index contributed by atoms with van der Waals surface area (Å²) in [6.45, 7) is 4.83. The first kappa shape index (κ1) is 24.1. The van der Waals surface area contributed by atoms with E-state index < -0.39 is 0 Å². The monoisotopic (exact) mass is 472 g/mol. The number of nitrogens with zero attached hydrogens (tertiary/aromatic N) is 1. The quantitative estimate of drug-likeness (QED) is 0.191. The molecule has 0 radical (unpaired) electrons. The zero-order valence-electron chi connectivity index (χ0n) is 18.1. The number of hydrogen-bond donors (Lipinski definition) is 1. The van der Waals surface area contributed by atoms with Gasteiger partial charge >= 0.3 is 0 Å². The molecule has 0 unspecified atom stereocenters. The Morgan fingerprint density at radius 1 is 0.867 bits per heavy atom. The molecule has 0 aliphatic heterocycles. The highest BCUT2D eigenvalue weighted by molar-refractivity contribution is 9.10. The van der Waals surface area contributed by atoms with Crippen molar-refractivity contribution < 1.29 is 9.53 Å². The molecule has 0 aliphatic carbocycles. The van der Waals surface area contributed by atoms with Crippen molar-refractivity contribution in [3.05, 3.63) is 64.1 Å². The number of hydrogen-bond acceptors (Lipinski definition) is 3. The molecule has 0 bridgehead atoms. The van der Waals surface area contributed by atoms with Crippen LogP contribution in [0.15, 0.2) is 58.1 Å². The second kappa shape index (κ2) is 14.0. The first-order valence-corrected chi connectivity index (χ1v) is 11.7. The first-order valence-electron chi connectivity index (χ1n) is 10.9. The van der Waals surface area contributed by atoms with Crippen LogP contribution in [0, 0.1) is 0 Å². The van der Waals surface area contributed by atoms with Gasteiger partial charge in [0.05, 0.1) is 12.3 Å². The van der Waals surface area contributed by atoms with Gasteiger partial charge in [-0.15, -0.1) is 0 Å². The lowest BCUT2D eigenvalue weighted by molar-refractivity contribution is 0.0955. The molecule has 30 heavy (non-hydrogen) atoms. The van der Waals surface area contributed by atoms with Gasteiger partial charge in [-0.3, -0.25) is 4.79 Å². The molecule has 0 saturated heterocycles. The summed E-state index contributed by atoms with van der Waals surface area (Å²) in [5.74, 6) is 0.560. The summed E-state index contributed by atoms with van der Waals surface area (Å²) in [5, 5.41) is 4.19. The first-order chi connectivity index (χ1) is 14.6. The number of carbonyl (C=O) groups excluding carboxylic acids is 1. The molecule has 162 valence electrons. The number of unbranched alkanes of at least 4 members (excludes halogenated alkanes) is 7. The van der Waals surface area contributed by atoms with Crippen molar-refractivity contribution in [3.8, 4) is 5.75 Å². The zero-order chi connectivity index (χ0) is 21.6. The Kier molecular flexibility index (Phi) is 11.2. The minimum Gasteiger partial charge on any atom is -0.494 e.